The molecule has 1 aliphatic rings. The Balaban J connectivity index is 0.000000230. The second kappa shape index (κ2) is 15.2. The third-order valence-corrected chi connectivity index (χ3v) is 7.03. The van der Waals surface area contributed by atoms with E-state index in [4.69, 9.17) is 23.2 Å². The Morgan fingerprint density at radius 3 is 2.50 bits per heavy atom. The summed E-state index contributed by atoms with van der Waals surface area (Å²) in [5.74, 6) is -0.156. The number of benzene rings is 2. The third-order valence-electron chi connectivity index (χ3n) is 6.47. The first-order valence-corrected chi connectivity index (χ1v) is 13.5. The molecule has 2 N–H and O–H groups in total. The van der Waals surface area contributed by atoms with Crippen LogP contribution in [0.5, 0.6) is 0 Å². The first kappa shape index (κ1) is 31.6. The first-order valence-electron chi connectivity index (χ1n) is 12.7. The lowest BCUT2D eigenvalue weighted by Crippen LogP contribution is -2.43. The molecule has 7 nitrogen and oxygen atoms in total. The topological polar surface area (TPSA) is 81.1 Å². The van der Waals surface area contributed by atoms with Crippen molar-refractivity contribution in [3.05, 3.63) is 76.8 Å². The van der Waals surface area contributed by atoms with E-state index in [0.29, 0.717) is 22.5 Å². The Morgan fingerprint density at radius 1 is 1.15 bits per heavy atom. The number of carbonyl (C=O) groups is 1. The summed E-state index contributed by atoms with van der Waals surface area (Å²) in [7, 11) is 0. The van der Waals surface area contributed by atoms with Gasteiger partial charge in [-0.3, -0.25) is 4.68 Å². The SMILES string of the molecule is CC1CCCCC1NC(=O)Nc1ccccc1.FC(F)C(F)(F)OCC(Cn1cncn1)c1ccc(Cl)cc1Cl. The number of nitrogens with one attached hydrogen (secondary N) is 2. The lowest BCUT2D eigenvalue weighted by molar-refractivity contribution is -0.302. The van der Waals surface area contributed by atoms with Crippen LogP contribution < -0.4 is 10.6 Å². The maximum atomic E-state index is 13.0. The van der Waals surface area contributed by atoms with Crippen molar-refractivity contribution in [2.75, 3.05) is 11.9 Å². The van der Waals surface area contributed by atoms with E-state index in [9.17, 15) is 22.4 Å². The quantitative estimate of drug-likeness (QED) is 0.246. The summed E-state index contributed by atoms with van der Waals surface area (Å²) in [6, 6.07) is 14.3. The number of carbonyl (C=O) groups excluding carboxylic acids is 1. The number of urea groups is 1. The minimum atomic E-state index is -4.54. The molecule has 0 saturated heterocycles. The minimum absolute atomic E-state index is 0.0701. The summed E-state index contributed by atoms with van der Waals surface area (Å²) >= 11 is 11.8. The molecule has 1 fully saturated rings. The van der Waals surface area contributed by atoms with E-state index in [-0.39, 0.29) is 17.6 Å². The van der Waals surface area contributed by atoms with E-state index in [1.807, 2.05) is 30.3 Å². The van der Waals surface area contributed by atoms with Gasteiger partial charge in [-0.1, -0.05) is 67.2 Å². The van der Waals surface area contributed by atoms with Crippen LogP contribution in [0.1, 0.15) is 44.1 Å². The summed E-state index contributed by atoms with van der Waals surface area (Å²) in [6.45, 7) is 1.60. The lowest BCUT2D eigenvalue weighted by atomic mass is 9.86. The monoisotopic (exact) mass is 603 g/mol. The summed E-state index contributed by atoms with van der Waals surface area (Å²) in [5, 5.41) is 10.4. The molecule has 1 aromatic heterocycles. The fourth-order valence-electron chi connectivity index (χ4n) is 4.29. The largest absolute Gasteiger partial charge is 0.416 e. The van der Waals surface area contributed by atoms with Crippen molar-refractivity contribution in [2.45, 2.75) is 63.6 Å². The number of hydrogen-bond acceptors (Lipinski definition) is 4. The zero-order chi connectivity index (χ0) is 29.1. The number of ether oxygens (including phenoxy) is 1. The van der Waals surface area contributed by atoms with E-state index in [0.717, 1.165) is 12.1 Å². The summed E-state index contributed by atoms with van der Waals surface area (Å²) < 4.78 is 55.9. The number of aromatic nitrogens is 3. The van der Waals surface area contributed by atoms with Gasteiger partial charge in [0.05, 0.1) is 13.2 Å². The van der Waals surface area contributed by atoms with Gasteiger partial charge in [-0.05, 0) is 48.6 Å². The Bertz CT molecular complexity index is 1190. The number of amides is 2. The van der Waals surface area contributed by atoms with Gasteiger partial charge in [-0.2, -0.15) is 13.9 Å². The molecule has 1 heterocycles. The fraction of sp³-hybridized carbons (Fsp3) is 0.444. The van der Waals surface area contributed by atoms with E-state index >= 15 is 0 Å². The van der Waals surface area contributed by atoms with Crippen molar-refractivity contribution in [1.82, 2.24) is 20.1 Å². The fourth-order valence-corrected chi connectivity index (χ4v) is 4.85. The van der Waals surface area contributed by atoms with Crippen molar-refractivity contribution >= 4 is 34.9 Å². The van der Waals surface area contributed by atoms with Gasteiger partial charge in [0.15, 0.2) is 0 Å². The average Bonchev–Trinajstić information content (AvgIpc) is 3.42. The molecule has 3 unspecified atom stereocenters. The van der Waals surface area contributed by atoms with Crippen LogP contribution in [0.2, 0.25) is 10.0 Å². The summed E-state index contributed by atoms with van der Waals surface area (Å²) in [4.78, 5) is 15.5. The van der Waals surface area contributed by atoms with Gasteiger partial charge in [-0.25, -0.2) is 18.6 Å². The number of alkyl halides is 4. The molecule has 2 amide bonds. The Hall–Kier alpha value is -2.89. The minimum Gasteiger partial charge on any atom is -0.335 e. The highest BCUT2D eigenvalue weighted by molar-refractivity contribution is 6.35. The van der Waals surface area contributed by atoms with Crippen LogP contribution in [0.15, 0.2) is 61.2 Å². The van der Waals surface area contributed by atoms with Crippen molar-refractivity contribution in [3.8, 4) is 0 Å². The van der Waals surface area contributed by atoms with Crippen molar-refractivity contribution < 1.29 is 27.1 Å². The number of halogens is 6. The standard InChI is InChI=1S/C14H20N2O.C13H11Cl2F4N3O/c1-11-7-5-6-10-13(11)16-14(17)15-12-8-3-2-4-9-12;14-9-1-2-10(11(15)3-9)8(4-22-7-20-6-21-22)5-23-13(18,19)12(16)17/h2-4,8-9,11,13H,5-7,10H2,1H3,(H2,15,16,17);1-3,6-8,12H,4-5H2. The molecule has 40 heavy (non-hydrogen) atoms. The van der Waals surface area contributed by atoms with Crippen LogP contribution in [-0.4, -0.2) is 46.0 Å². The van der Waals surface area contributed by atoms with Crippen LogP contribution in [0.3, 0.4) is 0 Å². The van der Waals surface area contributed by atoms with Crippen molar-refractivity contribution in [3.63, 3.8) is 0 Å². The summed E-state index contributed by atoms with van der Waals surface area (Å²) in [6.07, 6.45) is -1.01. The molecule has 218 valence electrons. The molecule has 1 saturated carbocycles. The Morgan fingerprint density at radius 2 is 1.88 bits per heavy atom. The average molecular weight is 604 g/mol. The van der Waals surface area contributed by atoms with Crippen LogP contribution in [-0.2, 0) is 11.3 Å². The molecule has 1 aliphatic carbocycles. The molecule has 2 aromatic carbocycles. The van der Waals surface area contributed by atoms with Crippen molar-refractivity contribution in [1.29, 1.82) is 0 Å². The molecule has 13 heteroatoms. The summed E-state index contributed by atoms with van der Waals surface area (Å²) in [5.41, 5.74) is 1.27. The molecular formula is C27H31Cl2F4N5O2. The van der Waals surface area contributed by atoms with Crippen LogP contribution in [0.25, 0.3) is 0 Å². The number of hydrogen-bond donors (Lipinski definition) is 2. The maximum Gasteiger partial charge on any atom is 0.416 e. The lowest BCUT2D eigenvalue weighted by Gasteiger charge is -2.29. The maximum absolute atomic E-state index is 13.0. The highest BCUT2D eigenvalue weighted by Crippen LogP contribution is 2.32. The molecule has 3 aromatic rings. The van der Waals surface area contributed by atoms with E-state index < -0.39 is 25.1 Å². The van der Waals surface area contributed by atoms with Crippen molar-refractivity contribution in [2.24, 2.45) is 5.92 Å². The van der Waals surface area contributed by atoms with Crippen LogP contribution in [0.4, 0.5) is 28.0 Å². The predicted octanol–water partition coefficient (Wildman–Crippen LogP) is 7.63. The van der Waals surface area contributed by atoms with E-state index in [2.05, 4.69) is 32.4 Å². The highest BCUT2D eigenvalue weighted by Gasteiger charge is 2.43. The van der Waals surface area contributed by atoms with Crippen LogP contribution >= 0.6 is 23.2 Å². The second-order valence-corrected chi connectivity index (χ2v) is 10.3. The van der Waals surface area contributed by atoms with Gasteiger partial charge >= 0.3 is 18.6 Å². The second-order valence-electron chi connectivity index (χ2n) is 9.49. The molecule has 0 bridgehead atoms. The van der Waals surface area contributed by atoms with Gasteiger partial charge in [0, 0.05) is 27.7 Å². The first-order chi connectivity index (χ1) is 19.0. The highest BCUT2D eigenvalue weighted by atomic mass is 35.5. The molecule has 4 rings (SSSR count). The molecular weight excluding hydrogens is 573 g/mol. The van der Waals surface area contributed by atoms with Gasteiger partial charge in [0.25, 0.3) is 0 Å². The molecule has 0 aliphatic heterocycles. The molecule has 0 spiro atoms. The Kier molecular flexibility index (Phi) is 12.0. The van der Waals surface area contributed by atoms with Gasteiger partial charge in [0.2, 0.25) is 0 Å². The number of rotatable bonds is 9. The number of nitrogens with zero attached hydrogens (tertiary/aromatic N) is 3. The molecule has 0 radical (unpaired) electrons. The Labute approximate surface area is 240 Å². The van der Waals surface area contributed by atoms with Crippen LogP contribution in [0, 0.1) is 5.92 Å². The van der Waals surface area contributed by atoms with Gasteiger partial charge in [-0.15, -0.1) is 0 Å². The van der Waals surface area contributed by atoms with Gasteiger partial charge in [0.1, 0.15) is 12.7 Å². The van der Waals surface area contributed by atoms with E-state index in [1.54, 1.807) is 0 Å². The zero-order valence-corrected chi connectivity index (χ0v) is 23.3. The third kappa shape index (κ3) is 9.94. The van der Waals surface area contributed by atoms with E-state index in [1.165, 1.54) is 54.8 Å². The molecule has 3 atom stereocenters. The smallest absolute Gasteiger partial charge is 0.335 e. The van der Waals surface area contributed by atoms with Gasteiger partial charge < -0.3 is 15.4 Å². The normalized spacial score (nSPS) is 18.0. The predicted molar refractivity (Wildman–Crippen MR) is 146 cm³/mol. The number of para-hydroxylation sites is 1. The zero-order valence-electron chi connectivity index (χ0n) is 21.8. The number of anilines is 1.